The number of para-hydroxylation sites is 2. The summed E-state index contributed by atoms with van der Waals surface area (Å²) in [6.07, 6.45) is 0. The molecule has 2 aromatic rings. The van der Waals surface area contributed by atoms with Gasteiger partial charge >= 0.3 is 0 Å². The van der Waals surface area contributed by atoms with E-state index in [1.165, 1.54) is 0 Å². The van der Waals surface area contributed by atoms with E-state index in [2.05, 4.69) is 18.3 Å². The third kappa shape index (κ3) is 3.75. The Balaban J connectivity index is 2.10. The van der Waals surface area contributed by atoms with E-state index >= 15 is 0 Å². The minimum Gasteiger partial charge on any atom is -0.496 e. The molecule has 0 aliphatic carbocycles. The molecule has 20 heavy (non-hydrogen) atoms. The highest BCUT2D eigenvalue weighted by Crippen LogP contribution is 2.25. The zero-order valence-corrected chi connectivity index (χ0v) is 12.0. The Kier molecular flexibility index (Phi) is 5.44. The first-order valence-electron chi connectivity index (χ1n) is 6.89. The van der Waals surface area contributed by atoms with Crippen LogP contribution in [0.15, 0.2) is 54.6 Å². The van der Waals surface area contributed by atoms with Gasteiger partial charge in [0.2, 0.25) is 0 Å². The van der Waals surface area contributed by atoms with Crippen LogP contribution in [0.5, 0.6) is 11.5 Å². The van der Waals surface area contributed by atoms with E-state index in [0.29, 0.717) is 6.61 Å². The van der Waals surface area contributed by atoms with Crippen molar-refractivity contribution >= 4 is 0 Å². The fourth-order valence-corrected chi connectivity index (χ4v) is 2.16. The zero-order chi connectivity index (χ0) is 14.2. The summed E-state index contributed by atoms with van der Waals surface area (Å²) in [4.78, 5) is 0. The standard InChI is InChI=1S/C17H21NO2/c1-3-18-16(13-20-14-9-5-4-6-10-14)15-11-7-8-12-17(15)19-2/h4-12,16,18H,3,13H2,1-2H3. The number of hydrogen-bond acceptors (Lipinski definition) is 3. The maximum absolute atomic E-state index is 5.86. The first kappa shape index (κ1) is 14.4. The zero-order valence-electron chi connectivity index (χ0n) is 12.0. The molecule has 3 nitrogen and oxygen atoms in total. The summed E-state index contributed by atoms with van der Waals surface area (Å²) in [6.45, 7) is 3.53. The Morgan fingerprint density at radius 3 is 2.40 bits per heavy atom. The summed E-state index contributed by atoms with van der Waals surface area (Å²) in [7, 11) is 1.69. The monoisotopic (exact) mass is 271 g/mol. The average Bonchev–Trinajstić information content (AvgIpc) is 2.52. The van der Waals surface area contributed by atoms with E-state index < -0.39 is 0 Å². The van der Waals surface area contributed by atoms with Crippen molar-refractivity contribution in [1.82, 2.24) is 5.32 Å². The van der Waals surface area contributed by atoms with Gasteiger partial charge in [-0.05, 0) is 24.7 Å². The van der Waals surface area contributed by atoms with Crippen molar-refractivity contribution in [1.29, 1.82) is 0 Å². The summed E-state index contributed by atoms with van der Waals surface area (Å²) < 4.78 is 11.3. The van der Waals surface area contributed by atoms with Crippen molar-refractivity contribution in [3.63, 3.8) is 0 Å². The summed E-state index contributed by atoms with van der Waals surface area (Å²) >= 11 is 0. The smallest absolute Gasteiger partial charge is 0.123 e. The van der Waals surface area contributed by atoms with Crippen molar-refractivity contribution in [3.8, 4) is 11.5 Å². The molecule has 0 bridgehead atoms. The van der Waals surface area contributed by atoms with E-state index in [1.54, 1.807) is 7.11 Å². The molecule has 1 atom stereocenters. The number of rotatable bonds is 7. The van der Waals surface area contributed by atoms with E-state index in [-0.39, 0.29) is 6.04 Å². The highest BCUT2D eigenvalue weighted by molar-refractivity contribution is 5.36. The molecular formula is C17H21NO2. The van der Waals surface area contributed by atoms with Crippen LogP contribution in [-0.2, 0) is 0 Å². The van der Waals surface area contributed by atoms with Crippen LogP contribution in [0.3, 0.4) is 0 Å². The quantitative estimate of drug-likeness (QED) is 0.837. The Hall–Kier alpha value is -2.00. The van der Waals surface area contributed by atoms with Gasteiger partial charge in [-0.15, -0.1) is 0 Å². The minimum atomic E-state index is 0.108. The summed E-state index contributed by atoms with van der Waals surface area (Å²) in [6, 6.07) is 18.0. The largest absolute Gasteiger partial charge is 0.496 e. The van der Waals surface area contributed by atoms with Gasteiger partial charge in [0.05, 0.1) is 13.2 Å². The second-order valence-electron chi connectivity index (χ2n) is 4.48. The lowest BCUT2D eigenvalue weighted by atomic mass is 10.1. The van der Waals surface area contributed by atoms with Crippen LogP contribution in [0.25, 0.3) is 0 Å². The molecule has 1 N–H and O–H groups in total. The van der Waals surface area contributed by atoms with Gasteiger partial charge in [0.15, 0.2) is 0 Å². The summed E-state index contributed by atoms with van der Waals surface area (Å²) in [5.74, 6) is 1.76. The maximum atomic E-state index is 5.86. The molecule has 2 aromatic carbocycles. The predicted molar refractivity (Wildman–Crippen MR) is 81.3 cm³/mol. The van der Waals surface area contributed by atoms with E-state index in [9.17, 15) is 0 Å². The highest BCUT2D eigenvalue weighted by atomic mass is 16.5. The number of methoxy groups -OCH3 is 1. The van der Waals surface area contributed by atoms with Gasteiger partial charge in [0.25, 0.3) is 0 Å². The van der Waals surface area contributed by atoms with Gasteiger partial charge in [0, 0.05) is 5.56 Å². The Bertz CT molecular complexity index is 513. The van der Waals surface area contributed by atoms with Gasteiger partial charge in [-0.3, -0.25) is 0 Å². The lowest BCUT2D eigenvalue weighted by Crippen LogP contribution is -2.27. The number of benzene rings is 2. The second kappa shape index (κ2) is 7.56. The molecule has 0 saturated heterocycles. The molecule has 3 heteroatoms. The molecule has 0 radical (unpaired) electrons. The number of nitrogens with one attached hydrogen (secondary N) is 1. The van der Waals surface area contributed by atoms with Crippen LogP contribution in [0.1, 0.15) is 18.5 Å². The SMILES string of the molecule is CCNC(COc1ccccc1)c1ccccc1OC. The maximum Gasteiger partial charge on any atom is 0.123 e. The van der Waals surface area contributed by atoms with Crippen LogP contribution in [-0.4, -0.2) is 20.3 Å². The van der Waals surface area contributed by atoms with Crippen molar-refractivity contribution in [2.45, 2.75) is 13.0 Å². The van der Waals surface area contributed by atoms with Crippen LogP contribution in [0.4, 0.5) is 0 Å². The molecule has 0 heterocycles. The van der Waals surface area contributed by atoms with Gasteiger partial charge in [-0.2, -0.15) is 0 Å². The molecule has 0 aliphatic rings. The van der Waals surface area contributed by atoms with E-state index in [0.717, 1.165) is 23.6 Å². The second-order valence-corrected chi connectivity index (χ2v) is 4.48. The van der Waals surface area contributed by atoms with Gasteiger partial charge < -0.3 is 14.8 Å². The van der Waals surface area contributed by atoms with Crippen molar-refractivity contribution < 1.29 is 9.47 Å². The van der Waals surface area contributed by atoms with Crippen molar-refractivity contribution in [2.75, 3.05) is 20.3 Å². The first-order chi connectivity index (χ1) is 9.85. The van der Waals surface area contributed by atoms with Crippen LogP contribution < -0.4 is 14.8 Å². The van der Waals surface area contributed by atoms with Crippen molar-refractivity contribution in [3.05, 3.63) is 60.2 Å². The van der Waals surface area contributed by atoms with Crippen LogP contribution in [0, 0.1) is 0 Å². The average molecular weight is 271 g/mol. The summed E-state index contributed by atoms with van der Waals surface area (Å²) in [5, 5.41) is 3.44. The van der Waals surface area contributed by atoms with Crippen LogP contribution in [0.2, 0.25) is 0 Å². The Labute approximate surface area is 120 Å². The Morgan fingerprint density at radius 2 is 1.70 bits per heavy atom. The molecule has 2 rings (SSSR count). The van der Waals surface area contributed by atoms with Crippen molar-refractivity contribution in [2.24, 2.45) is 0 Å². The molecule has 0 aromatic heterocycles. The fourth-order valence-electron chi connectivity index (χ4n) is 2.16. The van der Waals surface area contributed by atoms with Gasteiger partial charge in [0.1, 0.15) is 18.1 Å². The topological polar surface area (TPSA) is 30.5 Å². The molecule has 106 valence electrons. The fraction of sp³-hybridized carbons (Fsp3) is 0.294. The molecule has 0 amide bonds. The third-order valence-corrected chi connectivity index (χ3v) is 3.12. The molecule has 0 aliphatic heterocycles. The van der Waals surface area contributed by atoms with E-state index in [4.69, 9.17) is 9.47 Å². The third-order valence-electron chi connectivity index (χ3n) is 3.12. The first-order valence-corrected chi connectivity index (χ1v) is 6.89. The lowest BCUT2D eigenvalue weighted by Gasteiger charge is -2.21. The Morgan fingerprint density at radius 1 is 1.00 bits per heavy atom. The molecular weight excluding hydrogens is 250 g/mol. The molecule has 0 saturated carbocycles. The molecule has 1 unspecified atom stereocenters. The number of likely N-dealkylation sites (N-methyl/N-ethyl adjacent to an activating group) is 1. The normalized spacial score (nSPS) is 11.9. The highest BCUT2D eigenvalue weighted by Gasteiger charge is 2.15. The molecule has 0 fully saturated rings. The predicted octanol–water partition coefficient (Wildman–Crippen LogP) is 3.42. The van der Waals surface area contributed by atoms with Gasteiger partial charge in [-0.25, -0.2) is 0 Å². The van der Waals surface area contributed by atoms with Crippen LogP contribution >= 0.6 is 0 Å². The molecule has 0 spiro atoms. The van der Waals surface area contributed by atoms with Gasteiger partial charge in [-0.1, -0.05) is 43.3 Å². The summed E-state index contributed by atoms with van der Waals surface area (Å²) in [5.41, 5.74) is 1.12. The lowest BCUT2D eigenvalue weighted by molar-refractivity contribution is 0.264. The van der Waals surface area contributed by atoms with E-state index in [1.807, 2.05) is 48.5 Å². The number of ether oxygens (including phenoxy) is 2. The minimum absolute atomic E-state index is 0.108. The number of hydrogen-bond donors (Lipinski definition) is 1.